The lowest BCUT2D eigenvalue weighted by Gasteiger charge is -2.24. The zero-order valence-corrected chi connectivity index (χ0v) is 19.0. The van der Waals surface area contributed by atoms with Crippen molar-refractivity contribution in [2.24, 2.45) is 7.05 Å². The van der Waals surface area contributed by atoms with E-state index in [9.17, 15) is 9.59 Å². The zero-order chi connectivity index (χ0) is 22.8. The SMILES string of the molecule is CCNC(=O)CC1O[C@@H](c2ccc(Cl)cc2)c2cc(OC)ccc2-c2cn(C)c(=O)cc21. The topological polar surface area (TPSA) is 69.6 Å². The van der Waals surface area contributed by atoms with Gasteiger partial charge in [0.1, 0.15) is 11.9 Å². The van der Waals surface area contributed by atoms with E-state index < -0.39 is 12.2 Å². The lowest BCUT2D eigenvalue weighted by molar-refractivity contribution is -0.124. The molecule has 7 heteroatoms. The average Bonchev–Trinajstić information content (AvgIpc) is 2.90. The molecule has 2 aromatic carbocycles. The fourth-order valence-corrected chi connectivity index (χ4v) is 4.19. The number of nitrogens with one attached hydrogen (secondary N) is 1. The van der Waals surface area contributed by atoms with Crippen LogP contribution in [0.25, 0.3) is 11.1 Å². The summed E-state index contributed by atoms with van der Waals surface area (Å²) in [6.07, 6.45) is 0.818. The number of hydrogen-bond acceptors (Lipinski definition) is 4. The predicted molar refractivity (Wildman–Crippen MR) is 124 cm³/mol. The molecule has 1 N–H and O–H groups in total. The molecule has 32 heavy (non-hydrogen) atoms. The Morgan fingerprint density at radius 1 is 1.12 bits per heavy atom. The van der Waals surface area contributed by atoms with Crippen LogP contribution < -0.4 is 15.6 Å². The molecule has 1 unspecified atom stereocenters. The van der Waals surface area contributed by atoms with Crippen molar-refractivity contribution in [3.8, 4) is 16.9 Å². The Kier molecular flexibility index (Phi) is 6.35. The van der Waals surface area contributed by atoms with E-state index in [2.05, 4.69) is 5.32 Å². The number of benzene rings is 2. The van der Waals surface area contributed by atoms with Crippen LogP contribution >= 0.6 is 11.6 Å². The second kappa shape index (κ2) is 9.18. The van der Waals surface area contributed by atoms with E-state index in [0.717, 1.165) is 22.3 Å². The van der Waals surface area contributed by atoms with E-state index in [-0.39, 0.29) is 17.9 Å². The van der Waals surface area contributed by atoms with Crippen molar-refractivity contribution in [3.05, 3.63) is 86.8 Å². The summed E-state index contributed by atoms with van der Waals surface area (Å²) in [4.78, 5) is 25.1. The van der Waals surface area contributed by atoms with E-state index in [1.165, 1.54) is 0 Å². The number of carbonyl (C=O) groups excluding carboxylic acids is 1. The third-order valence-corrected chi connectivity index (χ3v) is 5.91. The minimum atomic E-state index is -0.607. The van der Waals surface area contributed by atoms with E-state index in [1.807, 2.05) is 49.4 Å². The Morgan fingerprint density at radius 3 is 2.56 bits per heavy atom. The van der Waals surface area contributed by atoms with Gasteiger partial charge in [0.05, 0.1) is 19.6 Å². The molecule has 6 nitrogen and oxygen atoms in total. The maximum absolute atomic E-state index is 12.5. The second-order valence-corrected chi connectivity index (χ2v) is 8.20. The summed E-state index contributed by atoms with van der Waals surface area (Å²) in [5.41, 5.74) is 4.11. The first-order chi connectivity index (χ1) is 15.4. The first kappa shape index (κ1) is 22.1. The summed E-state index contributed by atoms with van der Waals surface area (Å²) in [5, 5.41) is 3.46. The summed E-state index contributed by atoms with van der Waals surface area (Å²) in [6, 6.07) is 14.8. The van der Waals surface area contributed by atoms with Crippen LogP contribution in [0.2, 0.25) is 5.02 Å². The summed E-state index contributed by atoms with van der Waals surface area (Å²) in [6.45, 7) is 2.39. The largest absolute Gasteiger partial charge is 0.497 e. The van der Waals surface area contributed by atoms with Crippen LogP contribution in [0.15, 0.2) is 59.5 Å². The van der Waals surface area contributed by atoms with Crippen molar-refractivity contribution < 1.29 is 14.3 Å². The molecule has 2 heterocycles. The van der Waals surface area contributed by atoms with Gasteiger partial charge in [0.2, 0.25) is 5.91 Å². The van der Waals surface area contributed by atoms with E-state index in [0.29, 0.717) is 22.9 Å². The van der Waals surface area contributed by atoms with Crippen molar-refractivity contribution in [1.82, 2.24) is 9.88 Å². The Morgan fingerprint density at radius 2 is 1.88 bits per heavy atom. The number of rotatable bonds is 5. The molecular weight excluding hydrogens is 428 g/mol. The van der Waals surface area contributed by atoms with Crippen molar-refractivity contribution in [2.75, 3.05) is 13.7 Å². The van der Waals surface area contributed by atoms with Gasteiger partial charge >= 0.3 is 0 Å². The lowest BCUT2D eigenvalue weighted by Crippen LogP contribution is -2.26. The van der Waals surface area contributed by atoms with Gasteiger partial charge in [-0.05, 0) is 53.4 Å². The molecule has 166 valence electrons. The molecule has 0 fully saturated rings. The predicted octanol–water partition coefficient (Wildman–Crippen LogP) is 4.40. The third-order valence-electron chi connectivity index (χ3n) is 5.66. The number of hydrogen-bond donors (Lipinski definition) is 1. The number of halogens is 1. The highest BCUT2D eigenvalue weighted by molar-refractivity contribution is 6.30. The van der Waals surface area contributed by atoms with E-state index in [1.54, 1.807) is 31.0 Å². The fraction of sp³-hybridized carbons (Fsp3) is 0.280. The molecule has 0 saturated heterocycles. The van der Waals surface area contributed by atoms with Gasteiger partial charge in [0, 0.05) is 36.4 Å². The quantitative estimate of drug-likeness (QED) is 0.623. The number of pyridine rings is 1. The number of carbonyl (C=O) groups is 1. The summed E-state index contributed by atoms with van der Waals surface area (Å²) >= 11 is 6.12. The Bertz CT molecular complexity index is 1200. The summed E-state index contributed by atoms with van der Waals surface area (Å²) in [5.74, 6) is 0.558. The van der Waals surface area contributed by atoms with Gasteiger partial charge in [0.25, 0.3) is 5.56 Å². The summed E-state index contributed by atoms with van der Waals surface area (Å²) < 4.78 is 13.6. The number of aromatic nitrogens is 1. The van der Waals surface area contributed by atoms with Crippen LogP contribution in [0.1, 0.15) is 42.2 Å². The monoisotopic (exact) mass is 452 g/mol. The highest BCUT2D eigenvalue weighted by atomic mass is 35.5. The van der Waals surface area contributed by atoms with Gasteiger partial charge in [-0.25, -0.2) is 0 Å². The lowest BCUT2D eigenvalue weighted by atomic mass is 9.91. The molecule has 1 aromatic heterocycles. The molecule has 0 spiro atoms. The highest BCUT2D eigenvalue weighted by Crippen LogP contribution is 2.46. The Hall–Kier alpha value is -3.09. The van der Waals surface area contributed by atoms with Crippen LogP contribution in [0.5, 0.6) is 5.75 Å². The van der Waals surface area contributed by atoms with Crippen molar-refractivity contribution in [2.45, 2.75) is 25.6 Å². The normalized spacial score (nSPS) is 17.1. The molecule has 0 bridgehead atoms. The maximum Gasteiger partial charge on any atom is 0.250 e. The van der Waals surface area contributed by atoms with Crippen LogP contribution in [0.3, 0.4) is 0 Å². The molecule has 0 aliphatic carbocycles. The third kappa shape index (κ3) is 4.29. The molecule has 0 saturated carbocycles. The smallest absolute Gasteiger partial charge is 0.250 e. The maximum atomic E-state index is 12.5. The number of nitrogens with zero attached hydrogens (tertiary/aromatic N) is 1. The molecule has 2 atom stereocenters. The van der Waals surface area contributed by atoms with Crippen molar-refractivity contribution >= 4 is 17.5 Å². The molecule has 1 aliphatic heterocycles. The van der Waals surface area contributed by atoms with Gasteiger partial charge < -0.3 is 19.4 Å². The average molecular weight is 453 g/mol. The Labute approximate surface area is 191 Å². The molecule has 1 aliphatic rings. The van der Waals surface area contributed by atoms with Crippen molar-refractivity contribution in [1.29, 1.82) is 0 Å². The Balaban J connectivity index is 1.95. The van der Waals surface area contributed by atoms with Crippen LogP contribution in [-0.4, -0.2) is 24.1 Å². The number of amides is 1. The number of methoxy groups -OCH3 is 1. The fourth-order valence-electron chi connectivity index (χ4n) is 4.07. The van der Waals surface area contributed by atoms with E-state index >= 15 is 0 Å². The second-order valence-electron chi connectivity index (χ2n) is 7.76. The van der Waals surface area contributed by atoms with Gasteiger partial charge in [-0.2, -0.15) is 0 Å². The number of ether oxygens (including phenoxy) is 2. The standard InChI is InChI=1S/C25H25ClN2O4/c1-4-27-23(29)13-22-19-12-24(30)28(2)14-21(19)18-10-9-17(31-3)11-20(18)25(32-22)15-5-7-16(26)8-6-15/h5-12,14,22,25H,4,13H2,1-3H3,(H,27,29)/t22?,25-/m0/s1. The molecule has 1 amide bonds. The molecule has 0 radical (unpaired) electrons. The van der Waals surface area contributed by atoms with E-state index in [4.69, 9.17) is 21.1 Å². The minimum Gasteiger partial charge on any atom is -0.497 e. The van der Waals surface area contributed by atoms with Crippen LogP contribution in [0, 0.1) is 0 Å². The van der Waals surface area contributed by atoms with Gasteiger partial charge in [0.15, 0.2) is 0 Å². The molecule has 3 aromatic rings. The van der Waals surface area contributed by atoms with Crippen LogP contribution in [-0.2, 0) is 16.6 Å². The van der Waals surface area contributed by atoms with Gasteiger partial charge in [-0.15, -0.1) is 0 Å². The summed E-state index contributed by atoms with van der Waals surface area (Å²) in [7, 11) is 3.33. The number of fused-ring (bicyclic) bond motifs is 3. The molecule has 4 rings (SSSR count). The first-order valence-electron chi connectivity index (χ1n) is 10.5. The minimum absolute atomic E-state index is 0.100. The molecular formula is C25H25ClN2O4. The van der Waals surface area contributed by atoms with Crippen molar-refractivity contribution in [3.63, 3.8) is 0 Å². The van der Waals surface area contributed by atoms with Gasteiger partial charge in [-0.3, -0.25) is 9.59 Å². The van der Waals surface area contributed by atoms with Crippen LogP contribution in [0.4, 0.5) is 0 Å². The highest BCUT2D eigenvalue weighted by Gasteiger charge is 2.32. The first-order valence-corrected chi connectivity index (χ1v) is 10.9. The van der Waals surface area contributed by atoms with Gasteiger partial charge in [-0.1, -0.05) is 29.8 Å². The zero-order valence-electron chi connectivity index (χ0n) is 18.2. The number of aryl methyl sites for hydroxylation is 1.